The van der Waals surface area contributed by atoms with Crippen molar-refractivity contribution in [1.82, 2.24) is 15.5 Å². The monoisotopic (exact) mass is 710 g/mol. The fourth-order valence-electron chi connectivity index (χ4n) is 5.55. The number of para-hydroxylation sites is 2. The number of nitrogens with one attached hydrogen (secondary N) is 2. The Morgan fingerprint density at radius 2 is 1.43 bits per heavy atom. The molecule has 0 saturated carbocycles. The zero-order valence-electron chi connectivity index (χ0n) is 30.1. The van der Waals surface area contributed by atoms with Gasteiger partial charge in [0.15, 0.2) is 6.61 Å². The third-order valence-corrected chi connectivity index (χ3v) is 8.49. The summed E-state index contributed by atoms with van der Waals surface area (Å²) in [5, 5.41) is 5.35. The lowest BCUT2D eigenvalue weighted by Crippen LogP contribution is -2.57. The van der Waals surface area contributed by atoms with Crippen molar-refractivity contribution < 1.29 is 47.7 Å². The molecule has 1 aliphatic rings. The van der Waals surface area contributed by atoms with E-state index in [-0.39, 0.29) is 51.3 Å². The van der Waals surface area contributed by atoms with Crippen molar-refractivity contribution in [3.8, 4) is 11.5 Å². The Hall–Kier alpha value is -5.14. The number of ether oxygens (including phenoxy) is 4. The number of likely N-dealkylation sites (tertiary alicyclic amines) is 1. The van der Waals surface area contributed by atoms with Crippen LogP contribution in [0.4, 0.5) is 4.79 Å². The van der Waals surface area contributed by atoms with Crippen LogP contribution in [0.5, 0.6) is 11.5 Å². The Labute approximate surface area is 298 Å². The second kappa shape index (κ2) is 18.7. The Balaban J connectivity index is 1.79. The first-order valence-electron chi connectivity index (χ1n) is 17.1. The van der Waals surface area contributed by atoms with Gasteiger partial charge in [-0.2, -0.15) is 0 Å². The summed E-state index contributed by atoms with van der Waals surface area (Å²) in [6.07, 6.45) is -1.86. The highest BCUT2D eigenvalue weighted by atomic mass is 16.7. The number of nitrogens with zero attached hydrogens (tertiary/aromatic N) is 1. The molecule has 4 amide bonds. The first-order chi connectivity index (χ1) is 24.1. The molecule has 51 heavy (non-hydrogen) atoms. The lowest BCUT2D eigenvalue weighted by atomic mass is 9.73. The number of piperidine rings is 1. The minimum atomic E-state index is -1.44. The van der Waals surface area contributed by atoms with Gasteiger partial charge in [0.25, 0.3) is 5.91 Å². The minimum Gasteiger partial charge on any atom is -0.484 e. The van der Waals surface area contributed by atoms with E-state index in [1.54, 1.807) is 56.3 Å². The van der Waals surface area contributed by atoms with E-state index < -0.39 is 65.5 Å². The van der Waals surface area contributed by atoms with E-state index in [0.29, 0.717) is 11.5 Å². The molecule has 1 heterocycles. The minimum absolute atomic E-state index is 0.0452. The van der Waals surface area contributed by atoms with E-state index in [9.17, 15) is 28.8 Å². The number of esters is 2. The molecule has 4 N–H and O–H groups in total. The molecule has 3 atom stereocenters. The van der Waals surface area contributed by atoms with Gasteiger partial charge in [0.05, 0.1) is 11.3 Å². The van der Waals surface area contributed by atoms with Crippen LogP contribution < -0.4 is 25.8 Å². The van der Waals surface area contributed by atoms with Crippen LogP contribution in [0, 0.1) is 24.2 Å². The average molecular weight is 711 g/mol. The van der Waals surface area contributed by atoms with Crippen molar-refractivity contribution in [2.24, 2.45) is 23.0 Å². The molecular formula is C37H50N4O10. The maximum atomic E-state index is 13.8. The van der Waals surface area contributed by atoms with Gasteiger partial charge >= 0.3 is 18.0 Å². The quantitative estimate of drug-likeness (QED) is 0.171. The summed E-state index contributed by atoms with van der Waals surface area (Å²) in [6.45, 7) is 9.97. The summed E-state index contributed by atoms with van der Waals surface area (Å²) in [5.41, 5.74) is 5.43. The molecule has 3 rings (SSSR count). The Kier molecular flexibility index (Phi) is 14.8. The normalized spacial score (nSPS) is 15.6. The number of carbonyl (C=O) groups excluding carboxylic acids is 6. The van der Waals surface area contributed by atoms with E-state index in [0.717, 1.165) is 5.56 Å². The molecular weight excluding hydrogens is 660 g/mol. The van der Waals surface area contributed by atoms with Gasteiger partial charge in [0.2, 0.25) is 18.1 Å². The highest BCUT2D eigenvalue weighted by molar-refractivity contribution is 5.92. The number of benzene rings is 2. The summed E-state index contributed by atoms with van der Waals surface area (Å²) < 4.78 is 21.7. The maximum Gasteiger partial charge on any atom is 0.415 e. The van der Waals surface area contributed by atoms with Crippen molar-refractivity contribution in [1.29, 1.82) is 0 Å². The smallest absolute Gasteiger partial charge is 0.415 e. The Morgan fingerprint density at radius 1 is 0.824 bits per heavy atom. The lowest BCUT2D eigenvalue weighted by Gasteiger charge is -2.40. The van der Waals surface area contributed by atoms with Crippen LogP contribution in [0.2, 0.25) is 0 Å². The molecule has 14 nitrogen and oxygen atoms in total. The zero-order valence-corrected chi connectivity index (χ0v) is 30.1. The van der Waals surface area contributed by atoms with Gasteiger partial charge in [0, 0.05) is 20.0 Å². The maximum absolute atomic E-state index is 13.8. The first kappa shape index (κ1) is 40.3. The predicted octanol–water partition coefficient (Wildman–Crippen LogP) is 3.63. The topological polar surface area (TPSA) is 193 Å². The standard InChI is InChI=1S/C37H50N4O10/c1-23(2)20-28(39-31(42)22-48-30-15-11-10-12-25(30)5)32(43)40-29(34(45)50-26(6)49-33(44)24(3)4)21-37(35(38)46)16-18-41(19-17-37)36(47)51-27-13-8-7-9-14-27/h7-15,23-24,26,28-29H,16-22H2,1-6H3,(H2,38,46)(H,39,42)(H,40,43)/t26?,28-,29-/m0/s1. The molecule has 1 aliphatic heterocycles. The van der Waals surface area contributed by atoms with Crippen molar-refractivity contribution in [2.45, 2.75) is 85.6 Å². The molecule has 0 aromatic heterocycles. The van der Waals surface area contributed by atoms with Crippen LogP contribution in [0.1, 0.15) is 65.9 Å². The largest absolute Gasteiger partial charge is 0.484 e. The highest BCUT2D eigenvalue weighted by Crippen LogP contribution is 2.37. The van der Waals surface area contributed by atoms with Crippen LogP contribution in [0.25, 0.3) is 0 Å². The van der Waals surface area contributed by atoms with E-state index in [4.69, 9.17) is 24.7 Å². The Morgan fingerprint density at radius 3 is 2.02 bits per heavy atom. The molecule has 2 aromatic carbocycles. The number of carbonyl (C=O) groups is 6. The number of nitrogens with two attached hydrogens (primary N) is 1. The van der Waals surface area contributed by atoms with Crippen LogP contribution in [-0.4, -0.2) is 78.7 Å². The molecule has 0 radical (unpaired) electrons. The molecule has 1 unspecified atom stereocenters. The number of hydrogen-bond donors (Lipinski definition) is 3. The molecule has 0 bridgehead atoms. The lowest BCUT2D eigenvalue weighted by molar-refractivity contribution is -0.189. The zero-order chi connectivity index (χ0) is 37.7. The fraction of sp³-hybridized carbons (Fsp3) is 0.514. The van der Waals surface area contributed by atoms with Crippen LogP contribution in [0.15, 0.2) is 54.6 Å². The van der Waals surface area contributed by atoms with Gasteiger partial charge in [-0.3, -0.25) is 19.2 Å². The number of amides is 4. The molecule has 0 aliphatic carbocycles. The van der Waals surface area contributed by atoms with Gasteiger partial charge in [-0.1, -0.05) is 64.1 Å². The highest BCUT2D eigenvalue weighted by Gasteiger charge is 2.45. The number of rotatable bonds is 16. The van der Waals surface area contributed by atoms with Crippen molar-refractivity contribution in [3.05, 3.63) is 60.2 Å². The Bertz CT molecular complexity index is 1520. The molecule has 1 fully saturated rings. The van der Waals surface area contributed by atoms with Crippen molar-refractivity contribution in [3.63, 3.8) is 0 Å². The van der Waals surface area contributed by atoms with Crippen LogP contribution >= 0.6 is 0 Å². The van der Waals surface area contributed by atoms with Gasteiger partial charge in [-0.25, -0.2) is 9.59 Å². The average Bonchev–Trinajstić information content (AvgIpc) is 3.07. The molecule has 0 spiro atoms. The predicted molar refractivity (Wildman–Crippen MR) is 186 cm³/mol. The summed E-state index contributed by atoms with van der Waals surface area (Å²) in [5.74, 6) is -3.24. The van der Waals surface area contributed by atoms with E-state index in [2.05, 4.69) is 10.6 Å². The van der Waals surface area contributed by atoms with Gasteiger partial charge in [-0.15, -0.1) is 0 Å². The van der Waals surface area contributed by atoms with Crippen molar-refractivity contribution >= 4 is 35.8 Å². The molecule has 14 heteroatoms. The number of primary amides is 1. The fourth-order valence-corrected chi connectivity index (χ4v) is 5.55. The third-order valence-electron chi connectivity index (χ3n) is 8.49. The number of hydrogen-bond acceptors (Lipinski definition) is 10. The van der Waals surface area contributed by atoms with Gasteiger partial charge in [0.1, 0.15) is 23.6 Å². The second-order valence-electron chi connectivity index (χ2n) is 13.5. The van der Waals surface area contributed by atoms with Gasteiger partial charge < -0.3 is 40.2 Å². The molecule has 2 aromatic rings. The van der Waals surface area contributed by atoms with E-state index in [1.165, 1.54) is 11.8 Å². The van der Waals surface area contributed by atoms with Crippen LogP contribution in [0.3, 0.4) is 0 Å². The molecule has 278 valence electrons. The SMILES string of the molecule is Cc1ccccc1OCC(=O)N[C@@H](CC(C)C)C(=O)N[C@@H](CC1(C(N)=O)CCN(C(=O)Oc2ccccc2)CC1)C(=O)OC(C)OC(=O)C(C)C. The second-order valence-corrected chi connectivity index (χ2v) is 13.5. The first-order valence-corrected chi connectivity index (χ1v) is 17.1. The summed E-state index contributed by atoms with van der Waals surface area (Å²) in [4.78, 5) is 79.9. The summed E-state index contributed by atoms with van der Waals surface area (Å²) in [6, 6.07) is 13.2. The van der Waals surface area contributed by atoms with Crippen LogP contribution in [-0.2, 0) is 33.4 Å². The van der Waals surface area contributed by atoms with E-state index in [1.807, 2.05) is 32.9 Å². The van der Waals surface area contributed by atoms with Crippen molar-refractivity contribution in [2.75, 3.05) is 19.7 Å². The number of aryl methyl sites for hydroxylation is 1. The summed E-state index contributed by atoms with van der Waals surface area (Å²) in [7, 11) is 0. The third kappa shape index (κ3) is 12.3. The molecule has 1 saturated heterocycles. The van der Waals surface area contributed by atoms with Gasteiger partial charge in [-0.05, 0) is 62.3 Å². The summed E-state index contributed by atoms with van der Waals surface area (Å²) >= 11 is 0. The van der Waals surface area contributed by atoms with E-state index >= 15 is 0 Å².